The molecule has 0 spiro atoms. The highest BCUT2D eigenvalue weighted by atomic mass is 16.2. The number of aryl methyl sites for hydroxylation is 2. The average Bonchev–Trinajstić information content (AvgIpc) is 3.23. The smallest absolute Gasteiger partial charge is 0.272 e. The first-order valence-electron chi connectivity index (χ1n) is 10.3. The molecular weight excluding hydrogens is 360 g/mol. The Bertz CT molecular complexity index is 992. The molecule has 3 aromatic rings. The van der Waals surface area contributed by atoms with Crippen LogP contribution in [0.4, 0.5) is 5.69 Å². The maximum atomic E-state index is 13.0. The highest BCUT2D eigenvalue weighted by Gasteiger charge is 2.28. The summed E-state index contributed by atoms with van der Waals surface area (Å²) in [4.78, 5) is 17.3. The Morgan fingerprint density at radius 2 is 1.93 bits per heavy atom. The quantitative estimate of drug-likeness (QED) is 0.725. The van der Waals surface area contributed by atoms with Gasteiger partial charge in [0.15, 0.2) is 0 Å². The Balaban J connectivity index is 1.45. The molecule has 1 aliphatic rings. The van der Waals surface area contributed by atoms with Gasteiger partial charge in [-0.1, -0.05) is 43.3 Å². The summed E-state index contributed by atoms with van der Waals surface area (Å²) in [6, 6.07) is 19.0. The van der Waals surface area contributed by atoms with E-state index < -0.39 is 0 Å². The molecule has 5 heteroatoms. The van der Waals surface area contributed by atoms with Gasteiger partial charge in [0.25, 0.3) is 5.91 Å². The molecule has 2 aromatic carbocycles. The monoisotopic (exact) mass is 388 g/mol. The van der Waals surface area contributed by atoms with Crippen LogP contribution in [0.3, 0.4) is 0 Å². The number of rotatable bonds is 4. The SMILES string of the molecule is CCc1ccc(-c2cc(C(=O)N3CCN(c4cccc(C)c4)[C@H](C)C3)[nH]n2)cc1. The Morgan fingerprint density at radius 1 is 1.14 bits per heavy atom. The number of benzene rings is 2. The first kappa shape index (κ1) is 19.2. The number of piperazine rings is 1. The number of hydrogen-bond donors (Lipinski definition) is 1. The average molecular weight is 389 g/mol. The Morgan fingerprint density at radius 3 is 2.62 bits per heavy atom. The van der Waals surface area contributed by atoms with Crippen molar-refractivity contribution in [3.8, 4) is 11.3 Å². The lowest BCUT2D eigenvalue weighted by molar-refractivity contribution is 0.0720. The van der Waals surface area contributed by atoms with Crippen LogP contribution in [-0.2, 0) is 6.42 Å². The molecule has 1 atom stereocenters. The van der Waals surface area contributed by atoms with E-state index in [2.05, 4.69) is 84.4 Å². The van der Waals surface area contributed by atoms with Crippen LogP contribution in [0.1, 0.15) is 35.5 Å². The summed E-state index contributed by atoms with van der Waals surface area (Å²) in [6.07, 6.45) is 1.01. The summed E-state index contributed by atoms with van der Waals surface area (Å²) < 4.78 is 0. The van der Waals surface area contributed by atoms with Crippen molar-refractivity contribution in [3.63, 3.8) is 0 Å². The molecule has 0 unspecified atom stereocenters. The van der Waals surface area contributed by atoms with Crippen molar-refractivity contribution in [2.45, 2.75) is 33.2 Å². The van der Waals surface area contributed by atoms with E-state index in [1.165, 1.54) is 16.8 Å². The lowest BCUT2D eigenvalue weighted by Gasteiger charge is -2.41. The van der Waals surface area contributed by atoms with Gasteiger partial charge in [0.1, 0.15) is 5.69 Å². The number of nitrogens with zero attached hydrogens (tertiary/aromatic N) is 3. The van der Waals surface area contributed by atoms with Crippen LogP contribution < -0.4 is 4.90 Å². The van der Waals surface area contributed by atoms with Gasteiger partial charge in [-0.3, -0.25) is 9.89 Å². The highest BCUT2D eigenvalue weighted by molar-refractivity contribution is 5.93. The molecule has 1 saturated heterocycles. The minimum atomic E-state index is 0.0182. The fraction of sp³-hybridized carbons (Fsp3) is 0.333. The van der Waals surface area contributed by atoms with Gasteiger partial charge in [-0.15, -0.1) is 0 Å². The van der Waals surface area contributed by atoms with E-state index in [0.717, 1.165) is 24.2 Å². The van der Waals surface area contributed by atoms with E-state index in [-0.39, 0.29) is 11.9 Å². The first-order valence-corrected chi connectivity index (χ1v) is 10.3. The van der Waals surface area contributed by atoms with E-state index in [1.807, 2.05) is 11.0 Å². The van der Waals surface area contributed by atoms with Gasteiger partial charge in [0, 0.05) is 36.9 Å². The van der Waals surface area contributed by atoms with Crippen LogP contribution >= 0.6 is 0 Å². The lowest BCUT2D eigenvalue weighted by atomic mass is 10.1. The van der Waals surface area contributed by atoms with Crippen molar-refractivity contribution in [2.75, 3.05) is 24.5 Å². The molecule has 5 nitrogen and oxygen atoms in total. The number of nitrogens with one attached hydrogen (secondary N) is 1. The molecule has 1 fully saturated rings. The van der Waals surface area contributed by atoms with Gasteiger partial charge in [0.2, 0.25) is 0 Å². The van der Waals surface area contributed by atoms with Gasteiger partial charge in [-0.2, -0.15) is 5.10 Å². The highest BCUT2D eigenvalue weighted by Crippen LogP contribution is 2.23. The molecule has 1 N–H and O–H groups in total. The second kappa shape index (κ2) is 8.11. The fourth-order valence-electron chi connectivity index (χ4n) is 3.99. The molecule has 29 heavy (non-hydrogen) atoms. The number of anilines is 1. The third-order valence-electron chi connectivity index (χ3n) is 5.71. The van der Waals surface area contributed by atoms with Gasteiger partial charge in [-0.25, -0.2) is 0 Å². The van der Waals surface area contributed by atoms with Crippen LogP contribution in [0.5, 0.6) is 0 Å². The standard InChI is InChI=1S/C24H28N4O/c1-4-19-8-10-20(11-9-19)22-15-23(26-25-22)24(29)27-12-13-28(18(3)16-27)21-7-5-6-17(2)14-21/h5-11,14-15,18H,4,12-13,16H2,1-3H3,(H,25,26)/t18-/m1/s1. The van der Waals surface area contributed by atoms with Crippen molar-refractivity contribution in [3.05, 3.63) is 71.4 Å². The second-order valence-corrected chi connectivity index (χ2v) is 7.85. The first-order chi connectivity index (χ1) is 14.0. The molecule has 1 amide bonds. The zero-order valence-electron chi connectivity index (χ0n) is 17.4. The summed E-state index contributed by atoms with van der Waals surface area (Å²) in [5, 5.41) is 7.31. The van der Waals surface area contributed by atoms with Crippen molar-refractivity contribution < 1.29 is 4.79 Å². The van der Waals surface area contributed by atoms with Crippen molar-refractivity contribution in [2.24, 2.45) is 0 Å². The normalized spacial score (nSPS) is 16.9. The minimum absolute atomic E-state index is 0.0182. The summed E-state index contributed by atoms with van der Waals surface area (Å²) in [6.45, 7) is 8.66. The Labute approximate surface area is 172 Å². The molecule has 1 aromatic heterocycles. The molecule has 2 heterocycles. The molecular formula is C24H28N4O. The number of hydrogen-bond acceptors (Lipinski definition) is 3. The van der Waals surface area contributed by atoms with E-state index in [0.29, 0.717) is 18.8 Å². The summed E-state index contributed by atoms with van der Waals surface area (Å²) in [5.74, 6) is 0.0182. The minimum Gasteiger partial charge on any atom is -0.365 e. The lowest BCUT2D eigenvalue weighted by Crippen LogP contribution is -2.53. The fourth-order valence-corrected chi connectivity index (χ4v) is 3.99. The Hall–Kier alpha value is -3.08. The van der Waals surface area contributed by atoms with Crippen molar-refractivity contribution >= 4 is 11.6 Å². The topological polar surface area (TPSA) is 52.2 Å². The number of amides is 1. The zero-order chi connectivity index (χ0) is 20.4. The molecule has 0 aliphatic carbocycles. The maximum absolute atomic E-state index is 13.0. The van der Waals surface area contributed by atoms with Crippen LogP contribution in [0.2, 0.25) is 0 Å². The van der Waals surface area contributed by atoms with E-state index in [1.54, 1.807) is 0 Å². The molecule has 4 rings (SSSR count). The van der Waals surface area contributed by atoms with Gasteiger partial charge >= 0.3 is 0 Å². The molecule has 0 radical (unpaired) electrons. The maximum Gasteiger partial charge on any atom is 0.272 e. The Kier molecular flexibility index (Phi) is 5.38. The van der Waals surface area contributed by atoms with Gasteiger partial charge < -0.3 is 9.80 Å². The van der Waals surface area contributed by atoms with Crippen molar-refractivity contribution in [1.82, 2.24) is 15.1 Å². The van der Waals surface area contributed by atoms with Crippen LogP contribution in [-0.4, -0.2) is 46.7 Å². The van der Waals surface area contributed by atoms with Crippen LogP contribution in [0.15, 0.2) is 54.6 Å². The van der Waals surface area contributed by atoms with E-state index >= 15 is 0 Å². The summed E-state index contributed by atoms with van der Waals surface area (Å²) >= 11 is 0. The molecule has 0 bridgehead atoms. The molecule has 0 saturated carbocycles. The summed E-state index contributed by atoms with van der Waals surface area (Å²) in [5.41, 5.74) is 6.16. The molecule has 150 valence electrons. The van der Waals surface area contributed by atoms with Crippen LogP contribution in [0, 0.1) is 6.92 Å². The molecule has 1 aliphatic heterocycles. The second-order valence-electron chi connectivity index (χ2n) is 7.85. The largest absolute Gasteiger partial charge is 0.365 e. The predicted molar refractivity (Wildman–Crippen MR) is 117 cm³/mol. The summed E-state index contributed by atoms with van der Waals surface area (Å²) in [7, 11) is 0. The van der Waals surface area contributed by atoms with Crippen LogP contribution in [0.25, 0.3) is 11.3 Å². The van der Waals surface area contributed by atoms with E-state index in [9.17, 15) is 4.79 Å². The third kappa shape index (κ3) is 4.04. The number of H-pyrrole nitrogens is 1. The number of carbonyl (C=O) groups is 1. The van der Waals surface area contributed by atoms with Gasteiger partial charge in [0.05, 0.1) is 5.69 Å². The zero-order valence-corrected chi connectivity index (χ0v) is 17.4. The van der Waals surface area contributed by atoms with Gasteiger partial charge in [-0.05, 0) is 49.6 Å². The predicted octanol–water partition coefficient (Wildman–Crippen LogP) is 4.30. The van der Waals surface area contributed by atoms with Crippen molar-refractivity contribution in [1.29, 1.82) is 0 Å². The number of aromatic nitrogens is 2. The van der Waals surface area contributed by atoms with E-state index in [4.69, 9.17) is 0 Å². The third-order valence-corrected chi connectivity index (χ3v) is 5.71. The number of aromatic amines is 1. The number of carbonyl (C=O) groups excluding carboxylic acids is 1.